The van der Waals surface area contributed by atoms with Gasteiger partial charge in [-0.15, -0.1) is 0 Å². The Bertz CT molecular complexity index is 199. The summed E-state index contributed by atoms with van der Waals surface area (Å²) in [6.45, 7) is 0. The average molecular weight is 154 g/mol. The summed E-state index contributed by atoms with van der Waals surface area (Å²) in [6.07, 6.45) is 4.41. The predicted octanol–water partition coefficient (Wildman–Crippen LogP) is 0.768. The normalized spacial score (nSPS) is 10.5. The smallest absolute Gasteiger partial charge is 0.186 e. The molecule has 0 saturated carbocycles. The molecule has 0 amide bonds. The van der Waals surface area contributed by atoms with Gasteiger partial charge in [-0.3, -0.25) is 0 Å². The molecular weight excluding hydrogens is 144 g/mol. The third-order valence-electron chi connectivity index (χ3n) is 1.28. The summed E-state index contributed by atoms with van der Waals surface area (Å²) in [6, 6.07) is 0. The van der Waals surface area contributed by atoms with Crippen molar-refractivity contribution >= 4 is 0 Å². The van der Waals surface area contributed by atoms with Crippen LogP contribution in [0, 0.1) is 0 Å². The van der Waals surface area contributed by atoms with Gasteiger partial charge in [0.2, 0.25) is 0 Å². The zero-order valence-corrected chi connectivity index (χ0v) is 6.52. The van der Waals surface area contributed by atoms with E-state index in [1.807, 2.05) is 0 Å². The van der Waals surface area contributed by atoms with Crippen molar-refractivity contribution in [3.8, 4) is 0 Å². The molecule has 4 nitrogen and oxygen atoms in total. The average Bonchev–Trinajstić information content (AvgIpc) is 2.09. The van der Waals surface area contributed by atoms with E-state index in [-0.39, 0.29) is 6.29 Å². The van der Waals surface area contributed by atoms with Crippen LogP contribution in [0.4, 0.5) is 0 Å². The molecule has 0 aliphatic rings. The van der Waals surface area contributed by atoms with Crippen LogP contribution in [-0.2, 0) is 9.47 Å². The number of aromatic nitrogens is 2. The summed E-state index contributed by atoms with van der Waals surface area (Å²) in [5.74, 6) is 0. The summed E-state index contributed by atoms with van der Waals surface area (Å²) in [7, 11) is 3.14. The highest BCUT2D eigenvalue weighted by atomic mass is 16.7. The number of hydrogen-bond donors (Lipinski definition) is 0. The Morgan fingerprint density at radius 2 is 1.73 bits per heavy atom. The number of ether oxygens (including phenoxy) is 2. The van der Waals surface area contributed by atoms with Gasteiger partial charge in [0.15, 0.2) is 6.29 Å². The Hall–Kier alpha value is -1.00. The summed E-state index contributed by atoms with van der Waals surface area (Å²) < 4.78 is 9.97. The summed E-state index contributed by atoms with van der Waals surface area (Å²) in [4.78, 5) is 7.66. The molecule has 0 aliphatic heterocycles. The van der Waals surface area contributed by atoms with Crippen molar-refractivity contribution in [1.29, 1.82) is 0 Å². The van der Waals surface area contributed by atoms with Crippen molar-refractivity contribution < 1.29 is 9.47 Å². The Balaban J connectivity index is 2.74. The lowest BCUT2D eigenvalue weighted by Crippen LogP contribution is -2.04. The van der Waals surface area contributed by atoms with Gasteiger partial charge in [0.1, 0.15) is 6.33 Å². The van der Waals surface area contributed by atoms with E-state index in [1.54, 1.807) is 26.6 Å². The summed E-state index contributed by atoms with van der Waals surface area (Å²) >= 11 is 0. The summed E-state index contributed by atoms with van der Waals surface area (Å²) in [5.41, 5.74) is 0.817. The van der Waals surface area contributed by atoms with Crippen molar-refractivity contribution in [2.24, 2.45) is 0 Å². The van der Waals surface area contributed by atoms with Gasteiger partial charge in [0.25, 0.3) is 0 Å². The second kappa shape index (κ2) is 4.00. The molecule has 4 heteroatoms. The highest BCUT2D eigenvalue weighted by molar-refractivity contribution is 5.03. The second-order valence-corrected chi connectivity index (χ2v) is 1.98. The number of nitrogens with zero attached hydrogens (tertiary/aromatic N) is 2. The Morgan fingerprint density at radius 3 is 2.18 bits per heavy atom. The fraction of sp³-hybridized carbons (Fsp3) is 0.429. The zero-order valence-electron chi connectivity index (χ0n) is 6.52. The molecule has 1 aromatic rings. The van der Waals surface area contributed by atoms with Crippen molar-refractivity contribution in [3.63, 3.8) is 0 Å². The third kappa shape index (κ3) is 1.96. The fourth-order valence-electron chi connectivity index (χ4n) is 0.801. The van der Waals surface area contributed by atoms with E-state index in [1.165, 1.54) is 6.33 Å². The topological polar surface area (TPSA) is 44.2 Å². The van der Waals surface area contributed by atoms with Crippen LogP contribution in [0.5, 0.6) is 0 Å². The molecule has 0 radical (unpaired) electrons. The minimum Gasteiger partial charge on any atom is -0.352 e. The van der Waals surface area contributed by atoms with E-state index in [4.69, 9.17) is 9.47 Å². The maximum Gasteiger partial charge on any atom is 0.186 e. The molecule has 0 aromatic carbocycles. The van der Waals surface area contributed by atoms with Crippen LogP contribution in [0.1, 0.15) is 11.9 Å². The fourth-order valence-corrected chi connectivity index (χ4v) is 0.801. The molecule has 0 fully saturated rings. The Morgan fingerprint density at radius 1 is 1.18 bits per heavy atom. The number of methoxy groups -OCH3 is 2. The van der Waals surface area contributed by atoms with Crippen molar-refractivity contribution in [3.05, 3.63) is 24.3 Å². The predicted molar refractivity (Wildman–Crippen MR) is 38.8 cm³/mol. The van der Waals surface area contributed by atoms with Gasteiger partial charge < -0.3 is 9.47 Å². The van der Waals surface area contributed by atoms with Gasteiger partial charge in [-0.2, -0.15) is 0 Å². The van der Waals surface area contributed by atoms with Gasteiger partial charge >= 0.3 is 0 Å². The van der Waals surface area contributed by atoms with Crippen LogP contribution >= 0.6 is 0 Å². The Kier molecular flexibility index (Phi) is 2.95. The molecule has 0 N–H and O–H groups in total. The van der Waals surface area contributed by atoms with Crippen molar-refractivity contribution in [2.75, 3.05) is 14.2 Å². The van der Waals surface area contributed by atoms with Gasteiger partial charge in [-0.25, -0.2) is 9.97 Å². The van der Waals surface area contributed by atoms with Crippen molar-refractivity contribution in [1.82, 2.24) is 9.97 Å². The number of hydrogen-bond acceptors (Lipinski definition) is 4. The van der Waals surface area contributed by atoms with E-state index in [0.717, 1.165) is 5.56 Å². The lowest BCUT2D eigenvalue weighted by atomic mass is 10.3. The first-order valence-electron chi connectivity index (χ1n) is 3.19. The van der Waals surface area contributed by atoms with E-state index in [9.17, 15) is 0 Å². The van der Waals surface area contributed by atoms with Gasteiger partial charge in [-0.1, -0.05) is 0 Å². The van der Waals surface area contributed by atoms with Gasteiger partial charge in [0, 0.05) is 32.2 Å². The minimum absolute atomic E-state index is 0.365. The SMILES string of the molecule is COC(OC)c1cncnc1. The van der Waals surface area contributed by atoms with Crippen LogP contribution in [0.3, 0.4) is 0 Å². The zero-order chi connectivity index (χ0) is 8.10. The van der Waals surface area contributed by atoms with Crippen LogP contribution in [0.2, 0.25) is 0 Å². The van der Waals surface area contributed by atoms with Crippen LogP contribution in [0.25, 0.3) is 0 Å². The van der Waals surface area contributed by atoms with Crippen molar-refractivity contribution in [2.45, 2.75) is 6.29 Å². The molecule has 0 saturated heterocycles. The molecule has 0 aliphatic carbocycles. The first-order chi connectivity index (χ1) is 5.38. The molecular formula is C7H10N2O2. The van der Waals surface area contributed by atoms with Crippen LogP contribution in [0.15, 0.2) is 18.7 Å². The molecule has 0 spiro atoms. The molecule has 0 bridgehead atoms. The lowest BCUT2D eigenvalue weighted by molar-refractivity contribution is -0.106. The Labute approximate surface area is 65.2 Å². The molecule has 60 valence electrons. The second-order valence-electron chi connectivity index (χ2n) is 1.98. The first-order valence-corrected chi connectivity index (χ1v) is 3.19. The largest absolute Gasteiger partial charge is 0.352 e. The standard InChI is InChI=1S/C7H10N2O2/c1-10-7(11-2)6-3-8-5-9-4-6/h3-5,7H,1-2H3. The van der Waals surface area contributed by atoms with Gasteiger partial charge in [0.05, 0.1) is 0 Å². The van der Waals surface area contributed by atoms with E-state index in [0.29, 0.717) is 0 Å². The molecule has 11 heavy (non-hydrogen) atoms. The molecule has 1 aromatic heterocycles. The first kappa shape index (κ1) is 8.10. The molecule has 1 heterocycles. The van der Waals surface area contributed by atoms with Crippen LogP contribution in [-0.4, -0.2) is 24.2 Å². The third-order valence-corrected chi connectivity index (χ3v) is 1.28. The quantitative estimate of drug-likeness (QED) is 0.603. The van der Waals surface area contributed by atoms with Gasteiger partial charge in [-0.05, 0) is 0 Å². The summed E-state index contributed by atoms with van der Waals surface area (Å²) in [5, 5.41) is 0. The maximum absolute atomic E-state index is 4.98. The molecule has 0 unspecified atom stereocenters. The minimum atomic E-state index is -0.365. The monoisotopic (exact) mass is 154 g/mol. The van der Waals surface area contributed by atoms with E-state index in [2.05, 4.69) is 9.97 Å². The molecule has 1 rings (SSSR count). The maximum atomic E-state index is 4.98. The molecule has 0 atom stereocenters. The lowest BCUT2D eigenvalue weighted by Gasteiger charge is -2.11. The highest BCUT2D eigenvalue weighted by Gasteiger charge is 2.07. The highest BCUT2D eigenvalue weighted by Crippen LogP contribution is 2.13. The van der Waals surface area contributed by atoms with E-state index >= 15 is 0 Å². The van der Waals surface area contributed by atoms with Crippen LogP contribution < -0.4 is 0 Å². The number of rotatable bonds is 3. The van der Waals surface area contributed by atoms with E-state index < -0.39 is 0 Å².